The molecule has 5 radical (unpaired) electrons. The van der Waals surface area contributed by atoms with Gasteiger partial charge in [-0.3, -0.25) is 48.9 Å². The summed E-state index contributed by atoms with van der Waals surface area (Å²) in [4.78, 5) is 88.9. The molecule has 731 valence electrons. The Bertz CT molecular complexity index is 6330. The maximum absolute atomic E-state index is 10.0. The third kappa shape index (κ3) is 44.4. The number of carbonyl (C=O) groups excluding carboxylic acids is 5. The number of ketones is 5. The molecule has 22 nitrogen and oxygen atoms in total. The Kier molecular flexibility index (Phi) is 58.3. The number of nitrogens with zero attached hydrogens (tertiary/aromatic N) is 12. The number of hydrogen-bond acceptors (Lipinski definition) is 19. The molecule has 0 unspecified atom stereocenters. The van der Waals surface area contributed by atoms with Crippen molar-refractivity contribution in [2.45, 2.75) is 110 Å². The molecule has 27 heteroatoms. The Morgan fingerprint density at radius 3 is 1.14 bits per heavy atom. The summed E-state index contributed by atoms with van der Waals surface area (Å²) in [5.41, 5.74) is 23.1. The fourth-order valence-electron chi connectivity index (χ4n) is 12.8. The van der Waals surface area contributed by atoms with Crippen LogP contribution in [0.25, 0.3) is 102 Å². The molecule has 5 N–H and O–H groups in total. The SMILES string of the molecule is CC(=O)C=C(C)O.CC(=O)C=C(C)O.CC(=O)C=C(C)O.CC(=O)C=C(C)O.CC(=O)C=C(C)O.Cc1cc(-c2[c-]cccc2)ncn1.Cc1ccccc1-c1ncnc(-c2[c-]cccc2)c1C.Cc1cnc(-c2[c-]cccc2)c(C)n1.[Ir].[Ir].[Ir].[Ir].[Ir].[c-]1ccccc1-c1cc(-c2ccccc2)ncn1.[c-]1ccccc1-c1nccn1-c1ccccc1.c1ccc(-n2cc[n+]3c2-c2ccccc2C3)cc1. The molecule has 0 spiro atoms. The van der Waals surface area contributed by atoms with Crippen LogP contribution >= 0.6 is 0 Å². The van der Waals surface area contributed by atoms with Gasteiger partial charge in [-0.15, -0.1) is 179 Å². The minimum atomic E-state index is -0.125. The number of para-hydroxylation sites is 2. The third-order valence-electron chi connectivity index (χ3n) is 18.2. The Hall–Kier alpha value is -13.8. The second kappa shape index (κ2) is 66.7. The first kappa shape index (κ1) is 122. The molecule has 140 heavy (non-hydrogen) atoms. The summed E-state index contributed by atoms with van der Waals surface area (Å²) in [6.45, 7) is 25.3. The number of carbonyl (C=O) groups is 5. The van der Waals surface area contributed by atoms with Crippen molar-refractivity contribution in [1.82, 2.24) is 54.0 Å². The summed E-state index contributed by atoms with van der Waals surface area (Å²) < 4.78 is 6.62. The average Bonchev–Trinajstić information content (AvgIpc) is 1.60. The molecule has 0 atom stereocenters. The molecule has 1 aliphatic heterocycles. The van der Waals surface area contributed by atoms with Crippen LogP contribution in [0, 0.1) is 65.0 Å². The van der Waals surface area contributed by atoms with E-state index in [1.165, 1.54) is 128 Å². The molecule has 10 aromatic carbocycles. The van der Waals surface area contributed by atoms with E-state index in [1.54, 1.807) is 25.2 Å². The van der Waals surface area contributed by atoms with Crippen molar-refractivity contribution >= 4 is 28.9 Å². The topological polar surface area (TPSA) is 316 Å². The van der Waals surface area contributed by atoms with Gasteiger partial charge in [-0.1, -0.05) is 121 Å². The van der Waals surface area contributed by atoms with Gasteiger partial charge in [0.05, 0.1) is 57.3 Å². The van der Waals surface area contributed by atoms with Gasteiger partial charge in [-0.25, -0.2) is 19.5 Å². The predicted octanol–water partition coefficient (Wildman–Crippen LogP) is 24.0. The monoisotopic (exact) mass is 2760 g/mol. The van der Waals surface area contributed by atoms with Crippen LogP contribution in [0.15, 0.2) is 382 Å². The Morgan fingerprint density at radius 2 is 0.714 bits per heavy atom. The minimum Gasteiger partial charge on any atom is -0.512 e. The van der Waals surface area contributed by atoms with Crippen LogP contribution in [-0.4, -0.2) is 108 Å². The quantitative estimate of drug-likeness (QED) is 0.0292. The summed E-state index contributed by atoms with van der Waals surface area (Å²) in [5.74, 6) is 1.88. The Morgan fingerprint density at radius 1 is 0.343 bits per heavy atom. The number of aromatic nitrogens is 12. The molecule has 0 saturated carbocycles. The molecule has 0 fully saturated rings. The number of benzene rings is 10. The number of fused-ring (bicyclic) bond motifs is 3. The molecule has 7 heterocycles. The van der Waals surface area contributed by atoms with Crippen LogP contribution in [0.3, 0.4) is 0 Å². The van der Waals surface area contributed by atoms with E-state index in [0.717, 1.165) is 114 Å². The fraction of sp³-hybridized carbons (Fsp3) is 0.142. The number of hydrogen-bond donors (Lipinski definition) is 5. The molecular formula is C113H110Ir5N12O10-4. The van der Waals surface area contributed by atoms with Gasteiger partial charge < -0.3 is 35.1 Å². The zero-order valence-corrected chi connectivity index (χ0v) is 92.0. The molecule has 17 rings (SSSR count). The van der Waals surface area contributed by atoms with Gasteiger partial charge in [0.2, 0.25) is 0 Å². The van der Waals surface area contributed by atoms with Gasteiger partial charge in [0, 0.05) is 183 Å². The number of imidazole rings is 2. The van der Waals surface area contributed by atoms with Crippen LogP contribution in [0.5, 0.6) is 0 Å². The summed E-state index contributed by atoms with van der Waals surface area (Å²) in [5, 5.41) is 41.8. The number of aliphatic hydroxyl groups is 5. The molecule has 0 aliphatic carbocycles. The first-order chi connectivity index (χ1) is 64.8. The van der Waals surface area contributed by atoms with E-state index in [0.29, 0.717) is 0 Å². The second-order valence-electron chi connectivity index (χ2n) is 30.1. The molecule has 1 aliphatic rings. The van der Waals surface area contributed by atoms with E-state index in [9.17, 15) is 24.0 Å². The second-order valence-corrected chi connectivity index (χ2v) is 30.1. The van der Waals surface area contributed by atoms with Crippen LogP contribution in [0.4, 0.5) is 0 Å². The van der Waals surface area contributed by atoms with Crippen LogP contribution in [0.1, 0.15) is 103 Å². The van der Waals surface area contributed by atoms with Crippen molar-refractivity contribution in [3.8, 4) is 102 Å². The fourth-order valence-corrected chi connectivity index (χ4v) is 12.8. The first-order valence-corrected chi connectivity index (χ1v) is 42.8. The average molecular weight is 2760 g/mol. The Labute approximate surface area is 888 Å². The van der Waals surface area contributed by atoms with Gasteiger partial charge in [0.1, 0.15) is 43.6 Å². The summed E-state index contributed by atoms with van der Waals surface area (Å²) in [7, 11) is 0. The zero-order valence-electron chi connectivity index (χ0n) is 80.0. The number of aryl methyl sites for hydroxylation is 4. The zero-order chi connectivity index (χ0) is 98.0. The maximum Gasteiger partial charge on any atom is 0.294 e. The van der Waals surface area contributed by atoms with Crippen LogP contribution < -0.4 is 4.57 Å². The molecule has 16 aromatic rings. The number of rotatable bonds is 14. The summed E-state index contributed by atoms with van der Waals surface area (Å²) in [6.07, 6.45) is 20.5. The van der Waals surface area contributed by atoms with Crippen LogP contribution in [-0.2, 0) is 131 Å². The van der Waals surface area contributed by atoms with E-state index in [-0.39, 0.29) is 158 Å². The third-order valence-corrected chi connectivity index (χ3v) is 18.2. The Balaban J connectivity index is 0.000000530. The van der Waals surface area contributed by atoms with Crippen molar-refractivity contribution < 1.29 is 155 Å². The van der Waals surface area contributed by atoms with Crippen molar-refractivity contribution in [1.29, 1.82) is 0 Å². The van der Waals surface area contributed by atoms with Crippen molar-refractivity contribution in [2.75, 3.05) is 0 Å². The smallest absolute Gasteiger partial charge is 0.294 e. The summed E-state index contributed by atoms with van der Waals surface area (Å²) >= 11 is 0. The van der Waals surface area contributed by atoms with Gasteiger partial charge >= 0.3 is 0 Å². The van der Waals surface area contributed by atoms with Crippen molar-refractivity contribution in [2.24, 2.45) is 0 Å². The first-order valence-electron chi connectivity index (χ1n) is 42.8. The summed E-state index contributed by atoms with van der Waals surface area (Å²) in [6, 6.07) is 107. The van der Waals surface area contributed by atoms with Gasteiger partial charge in [-0.05, 0) is 168 Å². The van der Waals surface area contributed by atoms with E-state index >= 15 is 0 Å². The van der Waals surface area contributed by atoms with Gasteiger partial charge in [-0.2, -0.15) is 4.57 Å². The number of aliphatic hydroxyl groups excluding tert-OH is 5. The normalized spacial score (nSPS) is 10.4. The van der Waals surface area contributed by atoms with E-state index in [2.05, 4.69) is 188 Å². The molecule has 6 aromatic heterocycles. The van der Waals surface area contributed by atoms with Gasteiger partial charge in [0.25, 0.3) is 5.82 Å². The van der Waals surface area contributed by atoms with Crippen molar-refractivity contribution in [3.05, 3.63) is 446 Å². The largest absolute Gasteiger partial charge is 0.512 e. The van der Waals surface area contributed by atoms with Gasteiger partial charge in [0.15, 0.2) is 28.9 Å². The molecule has 0 bridgehead atoms. The number of allylic oxidation sites excluding steroid dienone is 10. The predicted molar refractivity (Wildman–Crippen MR) is 533 cm³/mol. The molecule has 0 amide bonds. The van der Waals surface area contributed by atoms with E-state index < -0.39 is 0 Å². The molecular weight excluding hydrogens is 2650 g/mol. The van der Waals surface area contributed by atoms with Crippen molar-refractivity contribution in [3.63, 3.8) is 0 Å². The molecule has 0 saturated heterocycles. The van der Waals surface area contributed by atoms with E-state index in [4.69, 9.17) is 25.5 Å². The van der Waals surface area contributed by atoms with Crippen LogP contribution in [0.2, 0.25) is 0 Å². The maximum atomic E-state index is 10.0. The minimum absolute atomic E-state index is 0. The standard InChI is InChI=1S/C18H15N2.C16H13N2.C16H11N2.C15H11N2.C12H11N2.C11H9N2.5C5H8O2.5Ir/c1-13-8-6-7-11-16(13)18-14(2)17(19-12-20-18)15-9-4-3-5-10-15;1-2-7-14(8-3-1)18-11-10-17-12-13-6-4-5-9-15(13)16(17)18;1-3-7-13(8-4-1)15-11-16(18-12-17-15)14-9-5-2-6-10-14;1-3-7-13(8-4-1)15-16-11-12-17(15)14-9-5-2-6-10-14;1-9-8-13-12(10(2)14-9)11-6-4-3-5-7-11;1-9-7-11(13-8-12-9)10-5-3-2-4-6-10;5*1-4(6)3-5(2)7;;;;;/h3-9,11-12H,1-2H3;1-11H,12H2;1-9,11-12H;1-7,9-12H;3-6,8H,1-2H3;2-5,7-8H,1H3;5*3,6H,1-2H3;;;;;/q-1;+1;4*-1;;;;;;;;;;. The van der Waals surface area contributed by atoms with E-state index in [1.807, 2.05) is 233 Å².